The number of nitrogens with zero attached hydrogens (tertiary/aromatic N) is 1. The maximum absolute atomic E-state index is 12.1. The predicted molar refractivity (Wildman–Crippen MR) is 80.0 cm³/mol. The first-order valence-corrected chi connectivity index (χ1v) is 7.15. The minimum atomic E-state index is 0.105. The summed E-state index contributed by atoms with van der Waals surface area (Å²) in [6, 6.07) is 7.48. The molecule has 0 N–H and O–H groups in total. The Bertz CT molecular complexity index is 456. The van der Waals surface area contributed by atoms with Gasteiger partial charge in [0.05, 0.1) is 0 Å². The minimum absolute atomic E-state index is 0.105. The lowest BCUT2D eigenvalue weighted by molar-refractivity contribution is -0.128. The Labute approximate surface area is 120 Å². The van der Waals surface area contributed by atoms with Gasteiger partial charge in [-0.3, -0.25) is 4.79 Å². The van der Waals surface area contributed by atoms with Crippen molar-refractivity contribution in [2.24, 2.45) is 11.8 Å². The lowest BCUT2D eigenvalue weighted by Gasteiger charge is -2.34. The van der Waals surface area contributed by atoms with Crippen molar-refractivity contribution in [1.82, 2.24) is 4.90 Å². The van der Waals surface area contributed by atoms with E-state index in [2.05, 4.69) is 13.8 Å². The average molecular weight is 278 g/mol. The molecule has 1 aliphatic rings. The molecular formula is C16H20ClNO. The van der Waals surface area contributed by atoms with Crippen LogP contribution in [0.2, 0.25) is 5.02 Å². The molecule has 2 rings (SSSR count). The predicted octanol–water partition coefficient (Wildman–Crippen LogP) is 3.86. The summed E-state index contributed by atoms with van der Waals surface area (Å²) in [6.07, 6.45) is 4.72. The number of hydrogen-bond donors (Lipinski definition) is 0. The van der Waals surface area contributed by atoms with Crippen LogP contribution in [-0.2, 0) is 4.79 Å². The van der Waals surface area contributed by atoms with Gasteiger partial charge in [0.2, 0.25) is 5.91 Å². The second kappa shape index (κ2) is 6.25. The van der Waals surface area contributed by atoms with Gasteiger partial charge in [0.15, 0.2) is 0 Å². The van der Waals surface area contributed by atoms with Crippen molar-refractivity contribution in [1.29, 1.82) is 0 Å². The molecule has 1 aromatic rings. The number of carbonyl (C=O) groups is 1. The number of piperidine rings is 1. The first-order chi connectivity index (χ1) is 9.04. The van der Waals surface area contributed by atoms with Crippen LogP contribution in [0.25, 0.3) is 6.08 Å². The van der Waals surface area contributed by atoms with Gasteiger partial charge in [-0.1, -0.05) is 37.6 Å². The Kier molecular flexibility index (Phi) is 4.65. The third kappa shape index (κ3) is 4.10. The molecule has 0 aromatic heterocycles. The third-order valence-corrected chi connectivity index (χ3v) is 3.72. The SMILES string of the molecule is C[C@@H]1C[C@@H](C)CN(C(=O)/C=C/c2ccc(Cl)cc2)C1. The van der Waals surface area contributed by atoms with Gasteiger partial charge in [0.1, 0.15) is 0 Å². The molecule has 2 nitrogen and oxygen atoms in total. The van der Waals surface area contributed by atoms with E-state index in [0.29, 0.717) is 16.9 Å². The highest BCUT2D eigenvalue weighted by molar-refractivity contribution is 6.30. The summed E-state index contributed by atoms with van der Waals surface area (Å²) < 4.78 is 0. The minimum Gasteiger partial charge on any atom is -0.339 e. The average Bonchev–Trinajstić information content (AvgIpc) is 2.36. The Hall–Kier alpha value is -1.28. The third-order valence-electron chi connectivity index (χ3n) is 3.47. The normalized spacial score (nSPS) is 23.8. The van der Waals surface area contributed by atoms with E-state index < -0.39 is 0 Å². The molecule has 1 aromatic carbocycles. The van der Waals surface area contributed by atoms with E-state index in [0.717, 1.165) is 18.7 Å². The van der Waals surface area contributed by atoms with Crippen LogP contribution in [0.1, 0.15) is 25.8 Å². The fourth-order valence-electron chi connectivity index (χ4n) is 2.69. The molecule has 0 saturated carbocycles. The van der Waals surface area contributed by atoms with Crippen LogP contribution >= 0.6 is 11.6 Å². The van der Waals surface area contributed by atoms with Gasteiger partial charge < -0.3 is 4.90 Å². The highest BCUT2D eigenvalue weighted by Gasteiger charge is 2.23. The number of likely N-dealkylation sites (tertiary alicyclic amines) is 1. The number of halogens is 1. The van der Waals surface area contributed by atoms with Crippen molar-refractivity contribution in [3.05, 3.63) is 40.9 Å². The molecular weight excluding hydrogens is 258 g/mol. The molecule has 0 spiro atoms. The lowest BCUT2D eigenvalue weighted by Crippen LogP contribution is -2.41. The summed E-state index contributed by atoms with van der Waals surface area (Å²) in [7, 11) is 0. The first-order valence-electron chi connectivity index (χ1n) is 6.77. The van der Waals surface area contributed by atoms with Gasteiger partial charge in [0, 0.05) is 24.2 Å². The quantitative estimate of drug-likeness (QED) is 0.752. The standard InChI is InChI=1S/C16H20ClNO/c1-12-9-13(2)11-18(10-12)16(19)8-5-14-3-6-15(17)7-4-14/h3-8,12-13H,9-11H2,1-2H3/b8-5+/t12-,13-/m1/s1. The fraction of sp³-hybridized carbons (Fsp3) is 0.438. The molecule has 0 unspecified atom stereocenters. The van der Waals surface area contributed by atoms with Crippen LogP contribution in [-0.4, -0.2) is 23.9 Å². The largest absolute Gasteiger partial charge is 0.339 e. The summed E-state index contributed by atoms with van der Waals surface area (Å²) in [4.78, 5) is 14.1. The maximum Gasteiger partial charge on any atom is 0.246 e. The summed E-state index contributed by atoms with van der Waals surface area (Å²) in [5, 5.41) is 0.710. The summed E-state index contributed by atoms with van der Waals surface area (Å²) in [5.74, 6) is 1.29. The Morgan fingerprint density at radius 3 is 2.37 bits per heavy atom. The van der Waals surface area contributed by atoms with E-state index in [1.165, 1.54) is 6.42 Å². The molecule has 1 amide bonds. The van der Waals surface area contributed by atoms with Crippen LogP contribution in [0.15, 0.2) is 30.3 Å². The monoisotopic (exact) mass is 277 g/mol. The second-order valence-corrected chi connectivity index (χ2v) is 6.01. The van der Waals surface area contributed by atoms with Crippen molar-refractivity contribution in [3.8, 4) is 0 Å². The molecule has 19 heavy (non-hydrogen) atoms. The maximum atomic E-state index is 12.1. The van der Waals surface area contributed by atoms with E-state index in [-0.39, 0.29) is 5.91 Å². The molecule has 1 fully saturated rings. The molecule has 0 bridgehead atoms. The zero-order valence-electron chi connectivity index (χ0n) is 11.5. The smallest absolute Gasteiger partial charge is 0.246 e. The zero-order valence-corrected chi connectivity index (χ0v) is 12.2. The molecule has 2 atom stereocenters. The Morgan fingerprint density at radius 1 is 1.21 bits per heavy atom. The lowest BCUT2D eigenvalue weighted by atomic mass is 9.92. The van der Waals surface area contributed by atoms with E-state index in [9.17, 15) is 4.79 Å². The summed E-state index contributed by atoms with van der Waals surface area (Å²) in [6.45, 7) is 6.15. The molecule has 1 saturated heterocycles. The highest BCUT2D eigenvalue weighted by atomic mass is 35.5. The molecule has 1 heterocycles. The van der Waals surface area contributed by atoms with Crippen molar-refractivity contribution in [2.75, 3.05) is 13.1 Å². The molecule has 1 aliphatic heterocycles. The van der Waals surface area contributed by atoms with Crippen LogP contribution in [0, 0.1) is 11.8 Å². The van der Waals surface area contributed by atoms with Gasteiger partial charge in [-0.25, -0.2) is 0 Å². The highest BCUT2D eigenvalue weighted by Crippen LogP contribution is 2.21. The second-order valence-electron chi connectivity index (χ2n) is 5.57. The van der Waals surface area contributed by atoms with E-state index in [4.69, 9.17) is 11.6 Å². The number of hydrogen-bond acceptors (Lipinski definition) is 1. The Morgan fingerprint density at radius 2 is 1.79 bits per heavy atom. The zero-order chi connectivity index (χ0) is 13.8. The number of rotatable bonds is 2. The van der Waals surface area contributed by atoms with Gasteiger partial charge >= 0.3 is 0 Å². The first kappa shape index (κ1) is 14.1. The van der Waals surface area contributed by atoms with E-state index in [1.807, 2.05) is 35.2 Å². The fourth-order valence-corrected chi connectivity index (χ4v) is 2.82. The van der Waals surface area contributed by atoms with Gasteiger partial charge in [-0.05, 0) is 42.0 Å². The molecule has 0 aliphatic carbocycles. The summed E-state index contributed by atoms with van der Waals surface area (Å²) in [5.41, 5.74) is 0.996. The van der Waals surface area contributed by atoms with Crippen LogP contribution in [0.4, 0.5) is 0 Å². The van der Waals surface area contributed by atoms with E-state index in [1.54, 1.807) is 6.08 Å². The van der Waals surface area contributed by atoms with Crippen molar-refractivity contribution >= 4 is 23.6 Å². The van der Waals surface area contributed by atoms with Gasteiger partial charge in [-0.2, -0.15) is 0 Å². The molecule has 3 heteroatoms. The Balaban J connectivity index is 1.98. The number of carbonyl (C=O) groups excluding carboxylic acids is 1. The van der Waals surface area contributed by atoms with Crippen LogP contribution < -0.4 is 0 Å². The summed E-state index contributed by atoms with van der Waals surface area (Å²) >= 11 is 5.83. The van der Waals surface area contributed by atoms with Crippen molar-refractivity contribution in [3.63, 3.8) is 0 Å². The molecule has 102 valence electrons. The van der Waals surface area contributed by atoms with Crippen molar-refractivity contribution < 1.29 is 4.79 Å². The van der Waals surface area contributed by atoms with Crippen molar-refractivity contribution in [2.45, 2.75) is 20.3 Å². The van der Waals surface area contributed by atoms with Gasteiger partial charge in [-0.15, -0.1) is 0 Å². The topological polar surface area (TPSA) is 20.3 Å². The number of amides is 1. The van der Waals surface area contributed by atoms with Gasteiger partial charge in [0.25, 0.3) is 0 Å². The number of benzene rings is 1. The van der Waals surface area contributed by atoms with E-state index >= 15 is 0 Å². The molecule has 0 radical (unpaired) electrons. The van der Waals surface area contributed by atoms with Crippen LogP contribution in [0.3, 0.4) is 0 Å². The van der Waals surface area contributed by atoms with Crippen LogP contribution in [0.5, 0.6) is 0 Å².